The van der Waals surface area contributed by atoms with Gasteiger partial charge in [0, 0.05) is 23.7 Å². The van der Waals surface area contributed by atoms with Crippen LogP contribution in [0.2, 0.25) is 0 Å². The number of rotatable bonds is 6. The normalized spacial score (nSPS) is 11.2. The molecule has 2 aromatic rings. The summed E-state index contributed by atoms with van der Waals surface area (Å²) in [6.45, 7) is 11.0. The van der Waals surface area contributed by atoms with E-state index in [9.17, 15) is 14.2 Å². The number of hydrogen-bond donors (Lipinski definition) is 0. The van der Waals surface area contributed by atoms with Crippen molar-refractivity contribution in [1.29, 1.82) is 5.26 Å². The highest BCUT2D eigenvalue weighted by Gasteiger charge is 2.42. The Balaban J connectivity index is 2.69. The molecule has 0 aromatic heterocycles. The SMILES string of the molecule is Cc1cc(C)c(C(=O)P(=O)(CCC#N)C(=O)c2c(C)cc(C)cc2C)c(C)c1. The van der Waals surface area contributed by atoms with E-state index < -0.39 is 18.2 Å². The van der Waals surface area contributed by atoms with Crippen LogP contribution in [0.5, 0.6) is 0 Å². The minimum absolute atomic E-state index is 0.108. The Hall–Kier alpha value is -2.50. The lowest BCUT2D eigenvalue weighted by atomic mass is 10.0. The van der Waals surface area contributed by atoms with Gasteiger partial charge in [-0.05, 0) is 63.8 Å². The molecule has 0 atom stereocenters. The summed E-state index contributed by atoms with van der Waals surface area (Å²) in [6, 6.07) is 9.33. The van der Waals surface area contributed by atoms with E-state index in [2.05, 4.69) is 0 Å². The lowest BCUT2D eigenvalue weighted by Crippen LogP contribution is -2.17. The molecular weight excluding hydrogens is 369 g/mol. The highest BCUT2D eigenvalue weighted by Crippen LogP contribution is 2.54. The number of hydrogen-bond acceptors (Lipinski definition) is 4. The first kappa shape index (κ1) is 21.8. The van der Waals surface area contributed by atoms with Gasteiger partial charge in [-0.2, -0.15) is 5.26 Å². The van der Waals surface area contributed by atoms with Gasteiger partial charge in [-0.25, -0.2) is 0 Å². The smallest absolute Gasteiger partial charge is 0.229 e. The average Bonchev–Trinajstić information content (AvgIpc) is 2.57. The van der Waals surface area contributed by atoms with Gasteiger partial charge < -0.3 is 4.57 Å². The number of aryl methyl sites for hydroxylation is 6. The minimum Gasteiger partial charge on any atom is -0.307 e. The van der Waals surface area contributed by atoms with Crippen molar-refractivity contribution >= 4 is 18.2 Å². The zero-order chi connectivity index (χ0) is 21.2. The third-order valence-electron chi connectivity index (χ3n) is 4.98. The fourth-order valence-electron chi connectivity index (χ4n) is 3.90. The largest absolute Gasteiger partial charge is 0.307 e. The van der Waals surface area contributed by atoms with Crippen LogP contribution in [0, 0.1) is 52.9 Å². The average molecular weight is 395 g/mol. The Morgan fingerprint density at radius 2 is 1.11 bits per heavy atom. The molecule has 0 spiro atoms. The van der Waals surface area contributed by atoms with Gasteiger partial charge >= 0.3 is 0 Å². The van der Waals surface area contributed by atoms with E-state index in [1.54, 1.807) is 27.7 Å². The molecule has 5 heteroatoms. The van der Waals surface area contributed by atoms with E-state index >= 15 is 0 Å². The van der Waals surface area contributed by atoms with Crippen LogP contribution >= 0.6 is 7.14 Å². The van der Waals surface area contributed by atoms with Crippen molar-refractivity contribution in [3.8, 4) is 6.07 Å². The zero-order valence-corrected chi connectivity index (χ0v) is 18.2. The summed E-state index contributed by atoms with van der Waals surface area (Å²) in [4.78, 5) is 26.9. The Morgan fingerprint density at radius 1 is 0.786 bits per heavy atom. The summed E-state index contributed by atoms with van der Waals surface area (Å²) in [7, 11) is -4.00. The summed E-state index contributed by atoms with van der Waals surface area (Å²) in [6.07, 6.45) is -0.344. The van der Waals surface area contributed by atoms with E-state index in [4.69, 9.17) is 5.26 Å². The lowest BCUT2D eigenvalue weighted by molar-refractivity contribution is 0.103. The monoisotopic (exact) mass is 395 g/mol. The Kier molecular flexibility index (Phi) is 6.42. The van der Waals surface area contributed by atoms with E-state index in [0.717, 1.165) is 11.1 Å². The van der Waals surface area contributed by atoms with Gasteiger partial charge in [-0.3, -0.25) is 9.59 Å². The van der Waals surface area contributed by atoms with Gasteiger partial charge in [-0.1, -0.05) is 35.4 Å². The molecule has 0 aliphatic heterocycles. The van der Waals surface area contributed by atoms with Crippen molar-refractivity contribution in [3.63, 3.8) is 0 Å². The molecule has 2 aromatic carbocycles. The molecule has 2 rings (SSSR count). The Labute approximate surface area is 167 Å². The fourth-order valence-corrected chi connectivity index (χ4v) is 6.33. The van der Waals surface area contributed by atoms with Crippen molar-refractivity contribution in [2.75, 3.05) is 6.16 Å². The van der Waals surface area contributed by atoms with Crippen LogP contribution in [-0.4, -0.2) is 17.2 Å². The maximum atomic E-state index is 13.9. The standard InChI is InChI=1S/C23H26NO3P/c1-14-10-16(3)20(17(4)11-14)22(25)28(27,9-7-8-24)23(26)21-18(5)12-15(2)13-19(21)6/h10-13H,7,9H2,1-6H3. The molecule has 0 saturated heterocycles. The number of nitriles is 1. The first-order valence-corrected chi connectivity index (χ1v) is 11.1. The highest BCUT2D eigenvalue weighted by atomic mass is 31.2. The van der Waals surface area contributed by atoms with Crippen LogP contribution in [0.15, 0.2) is 24.3 Å². The molecule has 0 fully saturated rings. The second-order valence-electron chi connectivity index (χ2n) is 7.53. The van der Waals surface area contributed by atoms with Gasteiger partial charge in [0.1, 0.15) is 0 Å². The van der Waals surface area contributed by atoms with Gasteiger partial charge in [-0.15, -0.1) is 0 Å². The number of carbonyl (C=O) groups is 2. The Morgan fingerprint density at radius 3 is 1.39 bits per heavy atom. The van der Waals surface area contributed by atoms with Crippen molar-refractivity contribution in [2.45, 2.75) is 48.0 Å². The van der Waals surface area contributed by atoms with Crippen molar-refractivity contribution < 1.29 is 14.2 Å². The molecule has 0 amide bonds. The highest BCUT2D eigenvalue weighted by molar-refractivity contribution is 7.95. The topological polar surface area (TPSA) is 75.0 Å². The summed E-state index contributed by atoms with van der Waals surface area (Å²) >= 11 is 0. The van der Waals surface area contributed by atoms with E-state index in [0.29, 0.717) is 33.4 Å². The molecule has 0 radical (unpaired) electrons. The lowest BCUT2D eigenvalue weighted by Gasteiger charge is -2.20. The summed E-state index contributed by atoms with van der Waals surface area (Å²) in [5.74, 6) is 0. The number of benzene rings is 2. The molecule has 0 N–H and O–H groups in total. The van der Waals surface area contributed by atoms with Crippen molar-refractivity contribution in [1.82, 2.24) is 0 Å². The van der Waals surface area contributed by atoms with Gasteiger partial charge in [0.05, 0.1) is 6.07 Å². The van der Waals surface area contributed by atoms with E-state index in [1.165, 1.54) is 0 Å². The summed E-state index contributed by atoms with van der Waals surface area (Å²) in [5.41, 5.74) is 4.18. The van der Waals surface area contributed by atoms with Crippen LogP contribution in [0.1, 0.15) is 60.5 Å². The predicted octanol–water partition coefficient (Wildman–Crippen LogP) is 5.79. The van der Waals surface area contributed by atoms with Crippen LogP contribution < -0.4 is 0 Å². The minimum atomic E-state index is -4.00. The molecule has 4 nitrogen and oxygen atoms in total. The predicted molar refractivity (Wildman–Crippen MR) is 113 cm³/mol. The van der Waals surface area contributed by atoms with Crippen molar-refractivity contribution in [3.05, 3.63) is 68.8 Å². The van der Waals surface area contributed by atoms with Crippen LogP contribution in [0.4, 0.5) is 0 Å². The maximum absolute atomic E-state index is 13.9. The summed E-state index contributed by atoms with van der Waals surface area (Å²) < 4.78 is 13.9. The first-order valence-electron chi connectivity index (χ1n) is 9.24. The molecule has 0 aliphatic rings. The van der Waals surface area contributed by atoms with Crippen molar-refractivity contribution in [2.24, 2.45) is 0 Å². The number of carbonyl (C=O) groups excluding carboxylic acids is 2. The molecule has 0 aliphatic carbocycles. The van der Waals surface area contributed by atoms with Gasteiger partial charge in [0.2, 0.25) is 18.2 Å². The third-order valence-corrected chi connectivity index (χ3v) is 7.59. The molecule has 28 heavy (non-hydrogen) atoms. The van der Waals surface area contributed by atoms with Crippen LogP contribution in [0.3, 0.4) is 0 Å². The second kappa shape index (κ2) is 8.25. The quantitative estimate of drug-likeness (QED) is 0.580. The molecule has 146 valence electrons. The fraction of sp³-hybridized carbons (Fsp3) is 0.348. The first-order chi connectivity index (χ1) is 13.0. The summed E-state index contributed by atoms with van der Waals surface area (Å²) in [5, 5.41) is 9.03. The van der Waals surface area contributed by atoms with E-state index in [1.807, 2.05) is 44.2 Å². The van der Waals surface area contributed by atoms with Gasteiger partial charge in [0.25, 0.3) is 0 Å². The van der Waals surface area contributed by atoms with E-state index in [-0.39, 0.29) is 12.6 Å². The molecule has 0 bridgehead atoms. The molecular formula is C23H26NO3P. The maximum Gasteiger partial charge on any atom is 0.229 e. The zero-order valence-electron chi connectivity index (χ0n) is 17.3. The molecule has 0 saturated carbocycles. The van der Waals surface area contributed by atoms with Crippen LogP contribution in [0.25, 0.3) is 0 Å². The van der Waals surface area contributed by atoms with Crippen LogP contribution in [-0.2, 0) is 4.57 Å². The number of nitrogens with zero attached hydrogens (tertiary/aromatic N) is 1. The van der Waals surface area contributed by atoms with Gasteiger partial charge in [0.15, 0.2) is 0 Å². The third kappa shape index (κ3) is 4.01. The molecule has 0 heterocycles. The molecule has 0 unspecified atom stereocenters. The Bertz CT molecular complexity index is 940. The second-order valence-corrected chi connectivity index (χ2v) is 10.3.